The third-order valence-corrected chi connectivity index (χ3v) is 5.86. The zero-order valence-corrected chi connectivity index (χ0v) is 24.1. The molecule has 1 amide bonds. The van der Waals surface area contributed by atoms with Gasteiger partial charge in [-0.05, 0) is 70.6 Å². The minimum atomic E-state index is -0.886. The van der Waals surface area contributed by atoms with E-state index in [0.29, 0.717) is 6.42 Å². The molecule has 0 aliphatic heterocycles. The molecule has 0 aliphatic carbocycles. The van der Waals surface area contributed by atoms with E-state index in [-0.39, 0.29) is 12.5 Å². The Hall–Kier alpha value is -2.43. The molecule has 0 saturated heterocycles. The molecule has 0 spiro atoms. The molecule has 4 nitrogen and oxygen atoms in total. The van der Waals surface area contributed by atoms with Crippen molar-refractivity contribution >= 4 is 5.91 Å². The molecule has 0 bridgehead atoms. The lowest BCUT2D eigenvalue weighted by atomic mass is 10.1. The molecule has 38 heavy (non-hydrogen) atoms. The Labute approximate surface area is 233 Å². The van der Waals surface area contributed by atoms with Gasteiger partial charge in [-0.3, -0.25) is 4.79 Å². The highest BCUT2D eigenvalue weighted by molar-refractivity contribution is 5.76. The van der Waals surface area contributed by atoms with Crippen LogP contribution in [-0.4, -0.2) is 34.9 Å². The van der Waals surface area contributed by atoms with Crippen LogP contribution in [0.2, 0.25) is 0 Å². The van der Waals surface area contributed by atoms with Crippen molar-refractivity contribution in [1.29, 1.82) is 0 Å². The topological polar surface area (TPSA) is 69.6 Å². The fourth-order valence-electron chi connectivity index (χ4n) is 3.58. The number of carbonyl (C=O) groups excluding carboxylic acids is 1. The number of hydrogen-bond acceptors (Lipinski definition) is 3. The van der Waals surface area contributed by atoms with Gasteiger partial charge in [-0.2, -0.15) is 0 Å². The number of carbonyl (C=O) groups is 1. The summed E-state index contributed by atoms with van der Waals surface area (Å²) in [6.07, 6.45) is 42.3. The molecule has 2 atom stereocenters. The van der Waals surface area contributed by atoms with Crippen LogP contribution in [0.4, 0.5) is 0 Å². The van der Waals surface area contributed by atoms with Gasteiger partial charge in [0, 0.05) is 6.42 Å². The fraction of sp³-hybridized carbons (Fsp3) is 0.559. The van der Waals surface area contributed by atoms with E-state index >= 15 is 0 Å². The summed E-state index contributed by atoms with van der Waals surface area (Å²) in [5.41, 5.74) is 0. The number of allylic oxidation sites excluding steroid dienone is 13. The number of aliphatic hydroxyl groups excluding tert-OH is 2. The maximum Gasteiger partial charge on any atom is 0.220 e. The summed E-state index contributed by atoms with van der Waals surface area (Å²) in [4.78, 5) is 12.2. The SMILES string of the molecule is CC/C=C\C/C=C\C/C=C\C/C=C\C/C=C\CCCC(=O)NC(CO)C(O)/C=C/CC/C=C/CCCCC. The van der Waals surface area contributed by atoms with Crippen LogP contribution in [0.25, 0.3) is 0 Å². The molecule has 4 heteroatoms. The Bertz CT molecular complexity index is 743. The fourth-order valence-corrected chi connectivity index (χ4v) is 3.58. The predicted molar refractivity (Wildman–Crippen MR) is 165 cm³/mol. The summed E-state index contributed by atoms with van der Waals surface area (Å²) < 4.78 is 0. The van der Waals surface area contributed by atoms with Crippen LogP contribution in [0.15, 0.2) is 85.1 Å². The average molecular weight is 526 g/mol. The second-order valence-electron chi connectivity index (χ2n) is 9.42. The maximum atomic E-state index is 12.2. The summed E-state index contributed by atoms with van der Waals surface area (Å²) in [5.74, 6) is -0.140. The Kier molecular flexibility index (Phi) is 27.3. The van der Waals surface area contributed by atoms with Crippen molar-refractivity contribution in [3.63, 3.8) is 0 Å². The largest absolute Gasteiger partial charge is 0.394 e. The van der Waals surface area contributed by atoms with Crippen LogP contribution in [0.5, 0.6) is 0 Å². The number of hydrogen-bond donors (Lipinski definition) is 3. The minimum Gasteiger partial charge on any atom is -0.394 e. The van der Waals surface area contributed by atoms with E-state index in [4.69, 9.17) is 0 Å². The van der Waals surface area contributed by atoms with Gasteiger partial charge in [-0.25, -0.2) is 0 Å². The third kappa shape index (κ3) is 25.2. The maximum absolute atomic E-state index is 12.2. The molecule has 0 fully saturated rings. The van der Waals surface area contributed by atoms with Crippen LogP contribution < -0.4 is 5.32 Å². The lowest BCUT2D eigenvalue weighted by Gasteiger charge is -2.19. The van der Waals surface area contributed by atoms with Gasteiger partial charge in [0.2, 0.25) is 5.91 Å². The minimum absolute atomic E-state index is 0.140. The van der Waals surface area contributed by atoms with Crippen LogP contribution in [0, 0.1) is 0 Å². The molecule has 0 aliphatic rings. The van der Waals surface area contributed by atoms with Crippen molar-refractivity contribution in [2.75, 3.05) is 6.61 Å². The number of unbranched alkanes of at least 4 members (excludes halogenated alkanes) is 5. The number of amides is 1. The van der Waals surface area contributed by atoms with Gasteiger partial charge in [0.25, 0.3) is 0 Å². The second-order valence-corrected chi connectivity index (χ2v) is 9.42. The van der Waals surface area contributed by atoms with Crippen LogP contribution in [-0.2, 0) is 4.79 Å². The van der Waals surface area contributed by atoms with Crippen molar-refractivity contribution in [2.24, 2.45) is 0 Å². The Morgan fingerprint density at radius 3 is 1.74 bits per heavy atom. The van der Waals surface area contributed by atoms with Crippen molar-refractivity contribution < 1.29 is 15.0 Å². The van der Waals surface area contributed by atoms with Crippen LogP contribution in [0.1, 0.15) is 104 Å². The van der Waals surface area contributed by atoms with Crippen molar-refractivity contribution in [3.8, 4) is 0 Å². The van der Waals surface area contributed by atoms with Crippen molar-refractivity contribution in [3.05, 3.63) is 85.1 Å². The van der Waals surface area contributed by atoms with Gasteiger partial charge in [0.1, 0.15) is 0 Å². The highest BCUT2D eigenvalue weighted by Gasteiger charge is 2.17. The first-order valence-electron chi connectivity index (χ1n) is 14.8. The van der Waals surface area contributed by atoms with Gasteiger partial charge in [0.15, 0.2) is 0 Å². The predicted octanol–water partition coefficient (Wildman–Crippen LogP) is 8.22. The lowest BCUT2D eigenvalue weighted by Crippen LogP contribution is -2.45. The quantitative estimate of drug-likeness (QED) is 0.0878. The molecule has 0 rings (SSSR count). The standard InChI is InChI=1S/C34H55NO3/c1-3-5-7-9-11-13-14-15-16-17-18-19-20-22-24-26-28-30-34(38)35-32(31-36)33(37)29-27-25-23-21-12-10-8-6-4-2/h5,7,11-13,15-16,18-19,21-22,24,27,29,32-33,36-37H,3-4,6,8-10,14,17,20,23,25-26,28,30-31H2,1-2H3,(H,35,38)/b7-5-,13-11-,16-15-,19-18-,21-12+,24-22-,29-27+. The van der Waals surface area contributed by atoms with Gasteiger partial charge in [-0.15, -0.1) is 0 Å². The summed E-state index contributed by atoms with van der Waals surface area (Å²) in [7, 11) is 0. The van der Waals surface area contributed by atoms with Crippen LogP contribution in [0.3, 0.4) is 0 Å². The number of aliphatic hydroxyl groups is 2. The van der Waals surface area contributed by atoms with E-state index in [1.807, 2.05) is 6.08 Å². The molecule has 0 aromatic carbocycles. The zero-order valence-electron chi connectivity index (χ0n) is 24.1. The highest BCUT2D eigenvalue weighted by Crippen LogP contribution is 2.04. The molecule has 0 aromatic rings. The summed E-state index contributed by atoms with van der Waals surface area (Å²) in [6.45, 7) is 4.06. The molecule has 2 unspecified atom stereocenters. The van der Waals surface area contributed by atoms with E-state index in [1.54, 1.807) is 6.08 Å². The Morgan fingerprint density at radius 1 is 0.658 bits per heavy atom. The van der Waals surface area contributed by atoms with E-state index in [9.17, 15) is 15.0 Å². The van der Waals surface area contributed by atoms with Gasteiger partial charge in [0.05, 0.1) is 18.8 Å². The normalized spacial score (nSPS) is 14.5. The zero-order chi connectivity index (χ0) is 27.9. The van der Waals surface area contributed by atoms with E-state index in [2.05, 4.69) is 92.1 Å². The summed E-state index contributed by atoms with van der Waals surface area (Å²) >= 11 is 0. The highest BCUT2D eigenvalue weighted by atomic mass is 16.3. The van der Waals surface area contributed by atoms with E-state index in [0.717, 1.165) is 64.2 Å². The number of rotatable bonds is 24. The van der Waals surface area contributed by atoms with E-state index in [1.165, 1.54) is 19.3 Å². The van der Waals surface area contributed by atoms with Crippen molar-refractivity contribution in [1.82, 2.24) is 5.32 Å². The molecule has 3 N–H and O–H groups in total. The molecular formula is C34H55NO3. The lowest BCUT2D eigenvalue weighted by molar-refractivity contribution is -0.122. The monoisotopic (exact) mass is 525 g/mol. The molecule has 0 aromatic heterocycles. The van der Waals surface area contributed by atoms with Gasteiger partial charge in [-0.1, -0.05) is 112 Å². The van der Waals surface area contributed by atoms with Crippen molar-refractivity contribution in [2.45, 2.75) is 116 Å². The molecular weight excluding hydrogens is 470 g/mol. The number of nitrogens with one attached hydrogen (secondary N) is 1. The van der Waals surface area contributed by atoms with E-state index < -0.39 is 12.1 Å². The molecule has 0 radical (unpaired) electrons. The van der Waals surface area contributed by atoms with Gasteiger partial charge >= 0.3 is 0 Å². The third-order valence-electron chi connectivity index (χ3n) is 5.86. The first-order valence-corrected chi connectivity index (χ1v) is 14.8. The second kappa shape index (κ2) is 29.1. The van der Waals surface area contributed by atoms with Crippen LogP contribution >= 0.6 is 0 Å². The first-order chi connectivity index (χ1) is 18.7. The average Bonchev–Trinajstić information content (AvgIpc) is 2.92. The molecule has 214 valence electrons. The summed E-state index contributed by atoms with van der Waals surface area (Å²) in [5, 5.41) is 22.6. The van der Waals surface area contributed by atoms with Gasteiger partial charge < -0.3 is 15.5 Å². The molecule has 0 saturated carbocycles. The smallest absolute Gasteiger partial charge is 0.220 e. The molecule has 0 heterocycles. The first kappa shape index (κ1) is 35.6. The summed E-state index contributed by atoms with van der Waals surface area (Å²) in [6, 6.07) is -0.669. The Balaban J connectivity index is 3.90. The Morgan fingerprint density at radius 2 is 1.16 bits per heavy atom.